The van der Waals surface area contributed by atoms with Crippen molar-refractivity contribution in [1.29, 1.82) is 0 Å². The smallest absolute Gasteiger partial charge is 0.244 e. The van der Waals surface area contributed by atoms with E-state index in [9.17, 15) is 13.2 Å². The predicted octanol–water partition coefficient (Wildman–Crippen LogP) is 3.75. The highest BCUT2D eigenvalue weighted by Gasteiger charge is 2.40. The van der Waals surface area contributed by atoms with Crippen LogP contribution in [-0.2, 0) is 27.8 Å². The number of carbonyl (C=O) groups excluding carboxylic acids is 1. The molecule has 6 nitrogen and oxygen atoms in total. The molecule has 0 aliphatic carbocycles. The third-order valence-corrected chi connectivity index (χ3v) is 9.17. The Kier molecular flexibility index (Phi) is 6.76. The summed E-state index contributed by atoms with van der Waals surface area (Å²) in [5, 5.41) is 5.68. The van der Waals surface area contributed by atoms with Gasteiger partial charge in [0.05, 0.1) is 23.0 Å². The third-order valence-electron chi connectivity index (χ3n) is 5.10. The lowest BCUT2D eigenvalue weighted by atomic mass is 10.2. The van der Waals surface area contributed by atoms with Gasteiger partial charge in [-0.05, 0) is 18.1 Å². The van der Waals surface area contributed by atoms with Gasteiger partial charge in [0.1, 0.15) is 11.0 Å². The number of aryl methyl sites for hydroxylation is 1. The second-order valence-electron chi connectivity index (χ2n) is 7.10. The highest BCUT2D eigenvalue weighted by molar-refractivity contribution is 8.00. The molecular weight excluding hydrogens is 450 g/mol. The summed E-state index contributed by atoms with van der Waals surface area (Å²) in [7, 11) is -3.75. The molecule has 0 unspecified atom stereocenters. The molecule has 2 aromatic carbocycles. The second-order valence-corrected chi connectivity index (χ2v) is 10.8. The molecule has 1 saturated heterocycles. The monoisotopic (exact) mass is 473 g/mol. The van der Waals surface area contributed by atoms with Crippen LogP contribution in [-0.4, -0.2) is 41.3 Å². The Morgan fingerprint density at radius 2 is 1.90 bits per heavy atom. The minimum absolute atomic E-state index is 0.267. The Bertz CT molecular complexity index is 1160. The van der Waals surface area contributed by atoms with Crippen molar-refractivity contribution in [3.05, 3.63) is 71.2 Å². The van der Waals surface area contributed by atoms with Crippen molar-refractivity contribution in [2.24, 2.45) is 0 Å². The SMILES string of the molecule is CCc1ccccc1S(=O)(=O)N1CSC[C@@H]1C(=O)NCc1csc(-c2ccccc2)n1. The molecule has 0 spiro atoms. The fourth-order valence-corrected chi connectivity index (χ4v) is 7.71. The zero-order chi connectivity index (χ0) is 21.8. The van der Waals surface area contributed by atoms with Gasteiger partial charge in [0.15, 0.2) is 0 Å². The summed E-state index contributed by atoms with van der Waals surface area (Å²) in [5.74, 6) is 0.413. The van der Waals surface area contributed by atoms with Crippen LogP contribution in [0.3, 0.4) is 0 Å². The van der Waals surface area contributed by atoms with Crippen molar-refractivity contribution >= 4 is 39.0 Å². The number of aromatic nitrogens is 1. The van der Waals surface area contributed by atoms with Gasteiger partial charge in [-0.1, -0.05) is 55.5 Å². The lowest BCUT2D eigenvalue weighted by Gasteiger charge is -2.23. The van der Waals surface area contributed by atoms with E-state index in [-0.39, 0.29) is 23.2 Å². The molecule has 1 N–H and O–H groups in total. The van der Waals surface area contributed by atoms with Crippen LogP contribution in [0, 0.1) is 0 Å². The average molecular weight is 474 g/mol. The lowest BCUT2D eigenvalue weighted by Crippen LogP contribution is -2.47. The first-order chi connectivity index (χ1) is 15.0. The maximum Gasteiger partial charge on any atom is 0.244 e. The van der Waals surface area contributed by atoms with E-state index in [1.54, 1.807) is 12.1 Å². The summed E-state index contributed by atoms with van der Waals surface area (Å²) in [4.78, 5) is 17.7. The molecule has 31 heavy (non-hydrogen) atoms. The molecule has 0 saturated carbocycles. The van der Waals surface area contributed by atoms with Gasteiger partial charge in [-0.25, -0.2) is 13.4 Å². The van der Waals surface area contributed by atoms with E-state index in [0.717, 1.165) is 21.8 Å². The van der Waals surface area contributed by atoms with Gasteiger partial charge in [-0.2, -0.15) is 4.31 Å². The molecule has 4 rings (SSSR count). The Balaban J connectivity index is 1.46. The van der Waals surface area contributed by atoms with Crippen molar-refractivity contribution in [3.8, 4) is 10.6 Å². The molecule has 9 heteroatoms. The molecular formula is C22H23N3O3S3. The molecule has 0 radical (unpaired) electrons. The Morgan fingerprint density at radius 1 is 1.16 bits per heavy atom. The number of nitrogens with zero attached hydrogens (tertiary/aromatic N) is 2. The van der Waals surface area contributed by atoms with Gasteiger partial charge < -0.3 is 5.32 Å². The van der Waals surface area contributed by atoms with Gasteiger partial charge in [0.25, 0.3) is 0 Å². The van der Waals surface area contributed by atoms with E-state index < -0.39 is 16.1 Å². The summed E-state index contributed by atoms with van der Waals surface area (Å²) < 4.78 is 27.9. The predicted molar refractivity (Wildman–Crippen MR) is 125 cm³/mol. The third kappa shape index (κ3) is 4.69. The number of nitrogens with one attached hydrogen (secondary N) is 1. The van der Waals surface area contributed by atoms with Crippen LogP contribution in [0.1, 0.15) is 18.2 Å². The summed E-state index contributed by atoms with van der Waals surface area (Å²) in [6.45, 7) is 2.19. The Hall–Kier alpha value is -2.20. The molecule has 1 amide bonds. The summed E-state index contributed by atoms with van der Waals surface area (Å²) in [5.41, 5.74) is 2.55. The van der Waals surface area contributed by atoms with Crippen molar-refractivity contribution in [1.82, 2.24) is 14.6 Å². The first-order valence-corrected chi connectivity index (χ1v) is 13.4. The first-order valence-electron chi connectivity index (χ1n) is 9.95. The Labute approximate surface area is 190 Å². The number of rotatable bonds is 7. The normalized spacial score (nSPS) is 17.0. The van der Waals surface area contributed by atoms with E-state index in [1.807, 2.05) is 54.8 Å². The molecule has 2 heterocycles. The van der Waals surface area contributed by atoms with E-state index in [1.165, 1.54) is 27.4 Å². The maximum absolute atomic E-state index is 13.3. The number of carbonyl (C=O) groups is 1. The fraction of sp³-hybridized carbons (Fsp3) is 0.273. The minimum atomic E-state index is -3.75. The maximum atomic E-state index is 13.3. The molecule has 1 aliphatic heterocycles. The molecule has 3 aromatic rings. The van der Waals surface area contributed by atoms with Crippen molar-refractivity contribution < 1.29 is 13.2 Å². The second kappa shape index (κ2) is 9.52. The van der Waals surface area contributed by atoms with Crippen LogP contribution in [0.15, 0.2) is 64.9 Å². The standard InChI is InChI=1S/C22H23N3O3S3/c1-2-16-8-6-7-11-20(16)31(27,28)25-15-29-14-19(25)21(26)23-12-18-13-30-22(24-18)17-9-4-3-5-10-17/h3-11,13,19H,2,12,14-15H2,1H3,(H,23,26)/t19-/m1/s1. The first kappa shape index (κ1) is 22.0. The summed E-state index contributed by atoms with van der Waals surface area (Å²) >= 11 is 2.97. The van der Waals surface area contributed by atoms with Crippen molar-refractivity contribution in [2.75, 3.05) is 11.6 Å². The molecule has 1 atom stereocenters. The van der Waals surface area contributed by atoms with Crippen LogP contribution in [0.4, 0.5) is 0 Å². The average Bonchev–Trinajstić information content (AvgIpc) is 3.48. The van der Waals surface area contributed by atoms with Crippen LogP contribution < -0.4 is 5.32 Å². The summed E-state index contributed by atoms with van der Waals surface area (Å²) in [6, 6.07) is 16.1. The van der Waals surface area contributed by atoms with E-state index in [4.69, 9.17) is 0 Å². The fourth-order valence-electron chi connectivity index (χ4n) is 3.44. The number of benzene rings is 2. The van der Waals surface area contributed by atoms with E-state index in [0.29, 0.717) is 12.2 Å². The van der Waals surface area contributed by atoms with Gasteiger partial charge in [0, 0.05) is 16.7 Å². The number of thiazole rings is 1. The number of amides is 1. The molecule has 1 aromatic heterocycles. The van der Waals surface area contributed by atoms with E-state index >= 15 is 0 Å². The largest absolute Gasteiger partial charge is 0.349 e. The lowest BCUT2D eigenvalue weighted by molar-refractivity contribution is -0.124. The highest BCUT2D eigenvalue weighted by Crippen LogP contribution is 2.30. The summed E-state index contributed by atoms with van der Waals surface area (Å²) in [6.07, 6.45) is 0.612. The van der Waals surface area contributed by atoms with Gasteiger partial charge in [-0.3, -0.25) is 4.79 Å². The van der Waals surface area contributed by atoms with E-state index in [2.05, 4.69) is 10.3 Å². The quantitative estimate of drug-likeness (QED) is 0.565. The van der Waals surface area contributed by atoms with Crippen LogP contribution in [0.5, 0.6) is 0 Å². The molecule has 1 aliphatic rings. The number of hydrogen-bond acceptors (Lipinski definition) is 6. The topological polar surface area (TPSA) is 79.4 Å². The molecule has 0 bridgehead atoms. The molecule has 1 fully saturated rings. The van der Waals surface area contributed by atoms with Gasteiger partial charge in [-0.15, -0.1) is 23.1 Å². The van der Waals surface area contributed by atoms with Gasteiger partial charge >= 0.3 is 0 Å². The minimum Gasteiger partial charge on any atom is -0.349 e. The zero-order valence-corrected chi connectivity index (χ0v) is 19.5. The van der Waals surface area contributed by atoms with Crippen molar-refractivity contribution in [3.63, 3.8) is 0 Å². The highest BCUT2D eigenvalue weighted by atomic mass is 32.2. The van der Waals surface area contributed by atoms with Crippen LogP contribution in [0.25, 0.3) is 10.6 Å². The molecule has 162 valence electrons. The van der Waals surface area contributed by atoms with Gasteiger partial charge in [0.2, 0.25) is 15.9 Å². The van der Waals surface area contributed by atoms with Crippen LogP contribution >= 0.6 is 23.1 Å². The number of thioether (sulfide) groups is 1. The van der Waals surface area contributed by atoms with Crippen molar-refractivity contribution in [2.45, 2.75) is 30.8 Å². The number of sulfonamides is 1. The Morgan fingerprint density at radius 3 is 2.68 bits per heavy atom. The number of hydrogen-bond donors (Lipinski definition) is 1. The van der Waals surface area contributed by atoms with Crippen LogP contribution in [0.2, 0.25) is 0 Å². The zero-order valence-electron chi connectivity index (χ0n) is 17.0.